The van der Waals surface area contributed by atoms with Gasteiger partial charge in [-0.1, -0.05) is 11.6 Å². The molecule has 0 bridgehead atoms. The van der Waals surface area contributed by atoms with E-state index in [4.69, 9.17) is 16.3 Å². The Labute approximate surface area is 129 Å². The molecule has 0 saturated carbocycles. The molecule has 1 amide bonds. The third kappa shape index (κ3) is 5.03. The van der Waals surface area contributed by atoms with Gasteiger partial charge in [0.1, 0.15) is 5.02 Å². The Hall–Kier alpha value is -1.54. The van der Waals surface area contributed by atoms with E-state index in [1.165, 1.54) is 6.07 Å². The molecule has 0 aliphatic carbocycles. The number of nitrogens with zero attached hydrogens (tertiary/aromatic N) is 1. The first kappa shape index (κ1) is 16.8. The van der Waals surface area contributed by atoms with Crippen LogP contribution in [0.5, 0.6) is 5.88 Å². The van der Waals surface area contributed by atoms with Crippen LogP contribution in [-0.2, 0) is 4.74 Å². The van der Waals surface area contributed by atoms with Gasteiger partial charge in [-0.2, -0.15) is 13.2 Å². The number of carbonyl (C=O) groups excluding carboxylic acids is 1. The molecule has 1 fully saturated rings. The molecule has 1 aliphatic heterocycles. The molecule has 5 nitrogen and oxygen atoms in total. The summed E-state index contributed by atoms with van der Waals surface area (Å²) in [7, 11) is 0. The van der Waals surface area contributed by atoms with Crippen LogP contribution < -0.4 is 10.1 Å². The first-order valence-electron chi connectivity index (χ1n) is 6.56. The Morgan fingerprint density at radius 1 is 1.55 bits per heavy atom. The Bertz CT molecular complexity index is 534. The van der Waals surface area contributed by atoms with Crippen LogP contribution in [-0.4, -0.2) is 43.4 Å². The number of hydrogen-bond donors (Lipinski definition) is 1. The summed E-state index contributed by atoms with van der Waals surface area (Å²) in [6.45, 7) is 0.248. The number of rotatable bonds is 5. The van der Waals surface area contributed by atoms with Crippen molar-refractivity contribution < 1.29 is 27.4 Å². The van der Waals surface area contributed by atoms with Crippen molar-refractivity contribution in [3.63, 3.8) is 0 Å². The van der Waals surface area contributed by atoms with Gasteiger partial charge in [-0.3, -0.25) is 4.79 Å². The third-order valence-corrected chi connectivity index (χ3v) is 3.29. The summed E-state index contributed by atoms with van der Waals surface area (Å²) in [6, 6.07) is 1.22. The van der Waals surface area contributed by atoms with E-state index in [-0.39, 0.29) is 22.4 Å². The number of ether oxygens (including phenoxy) is 2. The van der Waals surface area contributed by atoms with Crippen molar-refractivity contribution in [2.24, 2.45) is 5.92 Å². The lowest BCUT2D eigenvalue weighted by Gasteiger charge is -2.11. The molecule has 22 heavy (non-hydrogen) atoms. The van der Waals surface area contributed by atoms with Gasteiger partial charge < -0.3 is 14.8 Å². The predicted molar refractivity (Wildman–Crippen MR) is 72.1 cm³/mol. The van der Waals surface area contributed by atoms with E-state index in [1.54, 1.807) is 0 Å². The van der Waals surface area contributed by atoms with Crippen LogP contribution in [0, 0.1) is 5.92 Å². The standard InChI is InChI=1S/C13H14ClF3N2O3/c14-10-3-9(5-19-12(10)22-7-13(15,16)17)11(20)18-4-8-1-2-21-6-8/h3,5,8H,1-2,4,6-7H2,(H,18,20). The van der Waals surface area contributed by atoms with Crippen LogP contribution in [0.3, 0.4) is 0 Å². The van der Waals surface area contributed by atoms with Gasteiger partial charge in [0.05, 0.1) is 12.2 Å². The SMILES string of the molecule is O=C(NCC1CCOC1)c1cnc(OCC(F)(F)F)c(Cl)c1. The van der Waals surface area contributed by atoms with Gasteiger partial charge in [0.15, 0.2) is 6.61 Å². The number of pyridine rings is 1. The molecule has 2 rings (SSSR count). The predicted octanol–water partition coefficient (Wildman–Crippen LogP) is 2.44. The highest BCUT2D eigenvalue weighted by Crippen LogP contribution is 2.25. The van der Waals surface area contributed by atoms with Gasteiger partial charge in [-0.25, -0.2) is 4.98 Å². The van der Waals surface area contributed by atoms with Crippen LogP contribution in [0.15, 0.2) is 12.3 Å². The van der Waals surface area contributed by atoms with E-state index in [2.05, 4.69) is 15.0 Å². The zero-order valence-electron chi connectivity index (χ0n) is 11.5. The molecule has 2 heterocycles. The molecule has 1 N–H and O–H groups in total. The Morgan fingerprint density at radius 3 is 2.91 bits per heavy atom. The number of aromatic nitrogens is 1. The first-order chi connectivity index (χ1) is 10.3. The lowest BCUT2D eigenvalue weighted by Crippen LogP contribution is -2.29. The van der Waals surface area contributed by atoms with Gasteiger partial charge in [-0.15, -0.1) is 0 Å². The quantitative estimate of drug-likeness (QED) is 0.896. The normalized spacial score (nSPS) is 18.3. The van der Waals surface area contributed by atoms with E-state index in [0.717, 1.165) is 12.6 Å². The van der Waals surface area contributed by atoms with E-state index < -0.39 is 18.7 Å². The largest absolute Gasteiger partial charge is 0.467 e. The minimum Gasteiger partial charge on any atom is -0.467 e. The average Bonchev–Trinajstić information content (AvgIpc) is 2.95. The second kappa shape index (κ2) is 7.15. The van der Waals surface area contributed by atoms with Crippen molar-refractivity contribution >= 4 is 17.5 Å². The molecule has 9 heteroatoms. The maximum Gasteiger partial charge on any atom is 0.422 e. The fraction of sp³-hybridized carbons (Fsp3) is 0.538. The Balaban J connectivity index is 1.91. The zero-order valence-corrected chi connectivity index (χ0v) is 12.2. The van der Waals surface area contributed by atoms with Gasteiger partial charge in [0.2, 0.25) is 5.88 Å². The molecule has 0 radical (unpaired) electrons. The molecule has 1 atom stereocenters. The maximum atomic E-state index is 12.1. The second-order valence-corrected chi connectivity index (χ2v) is 5.26. The molecule has 0 spiro atoms. The summed E-state index contributed by atoms with van der Waals surface area (Å²) in [4.78, 5) is 15.6. The highest BCUT2D eigenvalue weighted by molar-refractivity contribution is 6.32. The fourth-order valence-corrected chi connectivity index (χ4v) is 2.11. The van der Waals surface area contributed by atoms with Crippen LogP contribution in [0.2, 0.25) is 5.02 Å². The Kier molecular flexibility index (Phi) is 5.47. The smallest absolute Gasteiger partial charge is 0.422 e. The van der Waals surface area contributed by atoms with Crippen LogP contribution in [0.4, 0.5) is 13.2 Å². The van der Waals surface area contributed by atoms with Crippen molar-refractivity contribution in [3.8, 4) is 5.88 Å². The van der Waals surface area contributed by atoms with Crippen LogP contribution >= 0.6 is 11.6 Å². The van der Waals surface area contributed by atoms with E-state index in [9.17, 15) is 18.0 Å². The number of carbonyl (C=O) groups is 1. The number of alkyl halides is 3. The molecule has 1 saturated heterocycles. The maximum absolute atomic E-state index is 12.1. The monoisotopic (exact) mass is 338 g/mol. The molecule has 1 aromatic heterocycles. The molecule has 0 aromatic carbocycles. The Morgan fingerprint density at radius 2 is 2.32 bits per heavy atom. The lowest BCUT2D eigenvalue weighted by molar-refractivity contribution is -0.154. The minimum absolute atomic E-state index is 0.152. The van der Waals surface area contributed by atoms with Gasteiger partial charge in [0, 0.05) is 25.3 Å². The van der Waals surface area contributed by atoms with Gasteiger partial charge in [-0.05, 0) is 12.5 Å². The van der Waals surface area contributed by atoms with Gasteiger partial charge in [0.25, 0.3) is 5.91 Å². The molecule has 1 unspecified atom stereocenters. The number of nitrogens with one attached hydrogen (secondary N) is 1. The topological polar surface area (TPSA) is 60.5 Å². The summed E-state index contributed by atoms with van der Waals surface area (Å²) in [5.41, 5.74) is 0.156. The van der Waals surface area contributed by atoms with Crippen molar-refractivity contribution in [3.05, 3.63) is 22.8 Å². The third-order valence-electron chi connectivity index (χ3n) is 3.02. The van der Waals surface area contributed by atoms with Crippen LogP contribution in [0.25, 0.3) is 0 Å². The molecular formula is C13H14ClF3N2O3. The highest BCUT2D eigenvalue weighted by atomic mass is 35.5. The summed E-state index contributed by atoms with van der Waals surface area (Å²) in [5.74, 6) is -0.495. The van der Waals surface area contributed by atoms with Crippen molar-refractivity contribution in [2.45, 2.75) is 12.6 Å². The van der Waals surface area contributed by atoms with Crippen molar-refractivity contribution in [1.29, 1.82) is 0 Å². The average molecular weight is 339 g/mol. The molecule has 122 valence electrons. The van der Waals surface area contributed by atoms with E-state index >= 15 is 0 Å². The van der Waals surface area contributed by atoms with Crippen LogP contribution in [0.1, 0.15) is 16.8 Å². The first-order valence-corrected chi connectivity index (χ1v) is 6.94. The summed E-state index contributed by atoms with van der Waals surface area (Å²) < 4.78 is 45.8. The number of amides is 1. The lowest BCUT2D eigenvalue weighted by atomic mass is 10.1. The molecule has 1 aromatic rings. The van der Waals surface area contributed by atoms with Crippen molar-refractivity contribution in [1.82, 2.24) is 10.3 Å². The number of hydrogen-bond acceptors (Lipinski definition) is 4. The summed E-state index contributed by atoms with van der Waals surface area (Å²) in [5, 5.41) is 2.55. The van der Waals surface area contributed by atoms with Crippen molar-refractivity contribution in [2.75, 3.05) is 26.4 Å². The van der Waals surface area contributed by atoms with Gasteiger partial charge >= 0.3 is 6.18 Å². The fourth-order valence-electron chi connectivity index (χ4n) is 1.89. The highest BCUT2D eigenvalue weighted by Gasteiger charge is 2.29. The molecule has 1 aliphatic rings. The zero-order chi connectivity index (χ0) is 16.2. The summed E-state index contributed by atoms with van der Waals surface area (Å²) >= 11 is 5.77. The number of halogens is 4. The minimum atomic E-state index is -4.48. The second-order valence-electron chi connectivity index (χ2n) is 4.85. The van der Waals surface area contributed by atoms with E-state index in [0.29, 0.717) is 19.8 Å². The molecular weight excluding hydrogens is 325 g/mol. The summed E-state index contributed by atoms with van der Waals surface area (Å²) in [6.07, 6.45) is -2.48. The van der Waals surface area contributed by atoms with E-state index in [1.807, 2.05) is 0 Å².